The molecule has 0 heterocycles. The number of benzene rings is 4. The molecule has 4 rings (SSSR count). The molecule has 0 fully saturated rings. The molecule has 0 saturated heterocycles. The van der Waals surface area contributed by atoms with Gasteiger partial charge >= 0.3 is 5.97 Å². The van der Waals surface area contributed by atoms with E-state index in [2.05, 4.69) is 5.32 Å². The molecule has 0 aliphatic carbocycles. The van der Waals surface area contributed by atoms with Crippen LogP contribution in [-0.4, -0.2) is 24.8 Å². The van der Waals surface area contributed by atoms with E-state index in [1.807, 2.05) is 30.3 Å². The second-order valence-corrected chi connectivity index (χ2v) is 7.43. The standard InChI is InChI=1S/C27H21NO5/c1-17(29)18-3-5-19(6-4-18)27(31)33-24-13-10-23(11-14-24)28-26(30)22-8-7-21-16-25(32-2)12-9-20(21)15-22/h3-16H,1-2H3,(H,28,30). The van der Waals surface area contributed by atoms with Gasteiger partial charge in [-0.05, 0) is 78.4 Å². The van der Waals surface area contributed by atoms with E-state index in [9.17, 15) is 14.4 Å². The average molecular weight is 439 g/mol. The molecule has 0 atom stereocenters. The number of fused-ring (bicyclic) bond motifs is 1. The number of carbonyl (C=O) groups is 3. The highest BCUT2D eigenvalue weighted by Gasteiger charge is 2.11. The largest absolute Gasteiger partial charge is 0.497 e. The second kappa shape index (κ2) is 9.36. The molecule has 6 nitrogen and oxygen atoms in total. The van der Waals surface area contributed by atoms with Crippen LogP contribution in [0.1, 0.15) is 38.0 Å². The first kappa shape index (κ1) is 21.8. The van der Waals surface area contributed by atoms with Gasteiger partial charge in [-0.2, -0.15) is 0 Å². The summed E-state index contributed by atoms with van der Waals surface area (Å²) in [6, 6.07) is 23.9. The lowest BCUT2D eigenvalue weighted by atomic mass is 10.1. The maximum absolute atomic E-state index is 12.7. The minimum absolute atomic E-state index is 0.0727. The number of anilines is 1. The number of amides is 1. The third-order valence-electron chi connectivity index (χ3n) is 5.16. The SMILES string of the molecule is COc1ccc2cc(C(=O)Nc3ccc(OC(=O)c4ccc(C(C)=O)cc4)cc3)ccc2c1. The van der Waals surface area contributed by atoms with Gasteiger partial charge in [0.05, 0.1) is 12.7 Å². The van der Waals surface area contributed by atoms with E-state index in [1.54, 1.807) is 61.7 Å². The molecule has 0 radical (unpaired) electrons. The fourth-order valence-corrected chi connectivity index (χ4v) is 3.31. The Morgan fingerprint density at radius 3 is 1.91 bits per heavy atom. The first-order valence-electron chi connectivity index (χ1n) is 10.3. The van der Waals surface area contributed by atoms with Gasteiger partial charge in [0, 0.05) is 16.8 Å². The normalized spacial score (nSPS) is 10.5. The molecule has 0 bridgehead atoms. The zero-order valence-electron chi connectivity index (χ0n) is 18.1. The Hall–Kier alpha value is -4.45. The third kappa shape index (κ3) is 5.07. The predicted molar refractivity (Wildman–Crippen MR) is 126 cm³/mol. The van der Waals surface area contributed by atoms with Gasteiger partial charge in [-0.3, -0.25) is 9.59 Å². The highest BCUT2D eigenvalue weighted by molar-refractivity contribution is 6.06. The lowest BCUT2D eigenvalue weighted by Crippen LogP contribution is -2.12. The molecule has 0 saturated carbocycles. The number of methoxy groups -OCH3 is 1. The molecule has 4 aromatic rings. The molecule has 0 spiro atoms. The van der Waals surface area contributed by atoms with Crippen LogP contribution in [0.2, 0.25) is 0 Å². The molecule has 1 amide bonds. The minimum atomic E-state index is -0.533. The average Bonchev–Trinajstić information content (AvgIpc) is 2.84. The highest BCUT2D eigenvalue weighted by Crippen LogP contribution is 2.23. The number of carbonyl (C=O) groups excluding carboxylic acids is 3. The van der Waals surface area contributed by atoms with Crippen molar-refractivity contribution < 1.29 is 23.9 Å². The van der Waals surface area contributed by atoms with Crippen LogP contribution in [0.5, 0.6) is 11.5 Å². The first-order chi connectivity index (χ1) is 15.9. The summed E-state index contributed by atoms with van der Waals surface area (Å²) in [5, 5.41) is 4.75. The molecule has 0 aromatic heterocycles. The summed E-state index contributed by atoms with van der Waals surface area (Å²) in [4.78, 5) is 36.3. The van der Waals surface area contributed by atoms with Crippen LogP contribution in [-0.2, 0) is 0 Å². The number of Topliss-reactive ketones (excluding diaryl/α,β-unsaturated/α-hetero) is 1. The Morgan fingerprint density at radius 1 is 0.667 bits per heavy atom. The number of nitrogens with one attached hydrogen (secondary N) is 1. The molecule has 0 unspecified atom stereocenters. The summed E-state index contributed by atoms with van der Waals surface area (Å²) in [6.45, 7) is 1.46. The summed E-state index contributed by atoms with van der Waals surface area (Å²) in [5.74, 6) is 0.246. The van der Waals surface area contributed by atoms with Crippen LogP contribution in [0.3, 0.4) is 0 Å². The first-order valence-corrected chi connectivity index (χ1v) is 10.3. The van der Waals surface area contributed by atoms with Crippen molar-refractivity contribution in [2.45, 2.75) is 6.92 Å². The summed E-state index contributed by atoms with van der Waals surface area (Å²) in [5.41, 5.74) is 1.96. The molecular formula is C27H21NO5. The van der Waals surface area contributed by atoms with Gasteiger partial charge in [-0.1, -0.05) is 24.3 Å². The van der Waals surface area contributed by atoms with Crippen molar-refractivity contribution in [2.24, 2.45) is 0 Å². The fraction of sp³-hybridized carbons (Fsp3) is 0.0741. The zero-order valence-corrected chi connectivity index (χ0v) is 18.1. The number of hydrogen-bond donors (Lipinski definition) is 1. The van der Waals surface area contributed by atoms with Crippen molar-refractivity contribution >= 4 is 34.1 Å². The van der Waals surface area contributed by atoms with Crippen molar-refractivity contribution in [2.75, 3.05) is 12.4 Å². The Kier molecular flexibility index (Phi) is 6.17. The van der Waals surface area contributed by atoms with E-state index in [1.165, 1.54) is 6.92 Å². The second-order valence-electron chi connectivity index (χ2n) is 7.43. The molecule has 164 valence electrons. The van der Waals surface area contributed by atoms with E-state index in [-0.39, 0.29) is 11.7 Å². The summed E-state index contributed by atoms with van der Waals surface area (Å²) >= 11 is 0. The molecule has 33 heavy (non-hydrogen) atoms. The van der Waals surface area contributed by atoms with E-state index in [4.69, 9.17) is 9.47 Å². The minimum Gasteiger partial charge on any atom is -0.497 e. The zero-order chi connectivity index (χ0) is 23.4. The van der Waals surface area contributed by atoms with Crippen molar-refractivity contribution in [3.63, 3.8) is 0 Å². The van der Waals surface area contributed by atoms with Crippen LogP contribution in [0, 0.1) is 0 Å². The van der Waals surface area contributed by atoms with E-state index >= 15 is 0 Å². The molecule has 0 aliphatic rings. The fourth-order valence-electron chi connectivity index (χ4n) is 3.31. The Bertz CT molecular complexity index is 1340. The Labute approximate surface area is 190 Å². The van der Waals surface area contributed by atoms with Crippen LogP contribution >= 0.6 is 0 Å². The third-order valence-corrected chi connectivity index (χ3v) is 5.16. The highest BCUT2D eigenvalue weighted by atomic mass is 16.5. The van der Waals surface area contributed by atoms with Crippen molar-refractivity contribution in [3.8, 4) is 11.5 Å². The summed E-state index contributed by atoms with van der Waals surface area (Å²) in [6.07, 6.45) is 0. The molecule has 0 aliphatic heterocycles. The van der Waals surface area contributed by atoms with Gasteiger partial charge in [0.15, 0.2) is 5.78 Å². The summed E-state index contributed by atoms with van der Waals surface area (Å²) < 4.78 is 10.6. The maximum atomic E-state index is 12.7. The lowest BCUT2D eigenvalue weighted by Gasteiger charge is -2.09. The topological polar surface area (TPSA) is 81.7 Å². The number of hydrogen-bond acceptors (Lipinski definition) is 5. The van der Waals surface area contributed by atoms with Crippen LogP contribution in [0.25, 0.3) is 10.8 Å². The predicted octanol–water partition coefficient (Wildman–Crippen LogP) is 5.52. The Morgan fingerprint density at radius 2 is 1.24 bits per heavy atom. The smallest absolute Gasteiger partial charge is 0.343 e. The van der Waals surface area contributed by atoms with Gasteiger partial charge < -0.3 is 14.8 Å². The van der Waals surface area contributed by atoms with Crippen LogP contribution < -0.4 is 14.8 Å². The van der Waals surface area contributed by atoms with Gasteiger partial charge in [0.2, 0.25) is 0 Å². The number of ketones is 1. The number of ether oxygens (including phenoxy) is 2. The monoisotopic (exact) mass is 439 g/mol. The maximum Gasteiger partial charge on any atom is 0.343 e. The van der Waals surface area contributed by atoms with Crippen molar-refractivity contribution in [3.05, 3.63) is 102 Å². The molecule has 1 N–H and O–H groups in total. The molecule has 4 aromatic carbocycles. The van der Waals surface area contributed by atoms with Crippen LogP contribution in [0.4, 0.5) is 5.69 Å². The van der Waals surface area contributed by atoms with Gasteiger partial charge in [-0.15, -0.1) is 0 Å². The van der Waals surface area contributed by atoms with E-state index in [0.717, 1.165) is 16.5 Å². The van der Waals surface area contributed by atoms with E-state index < -0.39 is 5.97 Å². The van der Waals surface area contributed by atoms with Gasteiger partial charge in [0.1, 0.15) is 11.5 Å². The molecule has 6 heteroatoms. The summed E-state index contributed by atoms with van der Waals surface area (Å²) in [7, 11) is 1.61. The van der Waals surface area contributed by atoms with E-state index in [0.29, 0.717) is 28.1 Å². The Balaban J connectivity index is 1.40. The number of esters is 1. The van der Waals surface area contributed by atoms with Gasteiger partial charge in [0.25, 0.3) is 5.91 Å². The lowest BCUT2D eigenvalue weighted by molar-refractivity contribution is 0.0734. The van der Waals surface area contributed by atoms with Crippen molar-refractivity contribution in [1.29, 1.82) is 0 Å². The van der Waals surface area contributed by atoms with Crippen LogP contribution in [0.15, 0.2) is 84.9 Å². The number of rotatable bonds is 6. The quantitative estimate of drug-likeness (QED) is 0.243. The van der Waals surface area contributed by atoms with Gasteiger partial charge in [-0.25, -0.2) is 4.79 Å². The molecular weight excluding hydrogens is 418 g/mol. The van der Waals surface area contributed by atoms with Crippen molar-refractivity contribution in [1.82, 2.24) is 0 Å².